The van der Waals surface area contributed by atoms with Crippen molar-refractivity contribution < 1.29 is 4.74 Å². The standard InChI is InChI=1S/C15H17ClN2O/c1-18(13-4-3-5-14(9-13)19-2)10-11-6-7-12(16)8-15(11)17/h3-9H,10,17H2,1-2H3. The van der Waals surface area contributed by atoms with E-state index >= 15 is 0 Å². The minimum absolute atomic E-state index is 0.658. The Kier molecular flexibility index (Phi) is 4.17. The molecule has 0 aliphatic rings. The van der Waals surface area contributed by atoms with Crippen LogP contribution in [0, 0.1) is 0 Å². The molecule has 2 aromatic carbocycles. The lowest BCUT2D eigenvalue weighted by Crippen LogP contribution is -2.17. The molecule has 2 N–H and O–H groups in total. The van der Waals surface area contributed by atoms with Crippen LogP contribution < -0.4 is 15.4 Å². The third kappa shape index (κ3) is 3.32. The third-order valence-electron chi connectivity index (χ3n) is 3.01. The van der Waals surface area contributed by atoms with Crippen LogP contribution in [0.5, 0.6) is 5.75 Å². The summed E-state index contributed by atoms with van der Waals surface area (Å²) in [5.41, 5.74) is 8.81. The highest BCUT2D eigenvalue weighted by molar-refractivity contribution is 6.30. The van der Waals surface area contributed by atoms with Crippen LogP contribution in [0.3, 0.4) is 0 Å². The molecule has 2 aromatic rings. The molecule has 0 heterocycles. The fourth-order valence-electron chi connectivity index (χ4n) is 1.90. The summed E-state index contributed by atoms with van der Waals surface area (Å²) < 4.78 is 5.23. The molecule has 100 valence electrons. The van der Waals surface area contributed by atoms with E-state index in [0.717, 1.165) is 23.5 Å². The van der Waals surface area contributed by atoms with E-state index in [0.29, 0.717) is 10.7 Å². The molecule has 0 bridgehead atoms. The third-order valence-corrected chi connectivity index (χ3v) is 3.24. The quantitative estimate of drug-likeness (QED) is 0.868. The molecule has 0 spiro atoms. The van der Waals surface area contributed by atoms with E-state index in [1.807, 2.05) is 43.4 Å². The first-order chi connectivity index (χ1) is 9.10. The number of benzene rings is 2. The van der Waals surface area contributed by atoms with Crippen LogP contribution in [0.25, 0.3) is 0 Å². The molecule has 19 heavy (non-hydrogen) atoms. The second-order valence-corrected chi connectivity index (χ2v) is 4.84. The predicted octanol–water partition coefficient (Wildman–Crippen LogP) is 3.57. The van der Waals surface area contributed by atoms with Crippen LogP contribution in [0.15, 0.2) is 42.5 Å². The Morgan fingerprint density at radius 2 is 2.00 bits per heavy atom. The average molecular weight is 277 g/mol. The molecule has 3 nitrogen and oxygen atoms in total. The van der Waals surface area contributed by atoms with Gasteiger partial charge in [0.25, 0.3) is 0 Å². The summed E-state index contributed by atoms with van der Waals surface area (Å²) >= 11 is 5.90. The molecule has 0 unspecified atom stereocenters. The van der Waals surface area contributed by atoms with Gasteiger partial charge >= 0.3 is 0 Å². The Morgan fingerprint density at radius 1 is 1.21 bits per heavy atom. The van der Waals surface area contributed by atoms with Crippen molar-refractivity contribution in [2.45, 2.75) is 6.54 Å². The highest BCUT2D eigenvalue weighted by atomic mass is 35.5. The average Bonchev–Trinajstić information content (AvgIpc) is 2.42. The fraction of sp³-hybridized carbons (Fsp3) is 0.200. The number of nitrogen functional groups attached to an aromatic ring is 1. The number of nitrogens with two attached hydrogens (primary N) is 1. The van der Waals surface area contributed by atoms with Crippen molar-refractivity contribution in [3.8, 4) is 5.75 Å². The van der Waals surface area contributed by atoms with Crippen LogP contribution in [-0.4, -0.2) is 14.2 Å². The molecule has 0 fully saturated rings. The second-order valence-electron chi connectivity index (χ2n) is 4.40. The van der Waals surface area contributed by atoms with E-state index in [9.17, 15) is 0 Å². The Balaban J connectivity index is 2.17. The molecule has 0 amide bonds. The van der Waals surface area contributed by atoms with E-state index in [4.69, 9.17) is 22.1 Å². The second kappa shape index (κ2) is 5.85. The summed E-state index contributed by atoms with van der Waals surface area (Å²) in [5, 5.41) is 0.658. The smallest absolute Gasteiger partial charge is 0.120 e. The van der Waals surface area contributed by atoms with E-state index < -0.39 is 0 Å². The normalized spacial score (nSPS) is 10.3. The van der Waals surface area contributed by atoms with Gasteiger partial charge in [-0.2, -0.15) is 0 Å². The maximum Gasteiger partial charge on any atom is 0.120 e. The first-order valence-corrected chi connectivity index (χ1v) is 6.37. The van der Waals surface area contributed by atoms with E-state index in [-0.39, 0.29) is 0 Å². The first kappa shape index (κ1) is 13.6. The van der Waals surface area contributed by atoms with Crippen LogP contribution in [-0.2, 0) is 6.54 Å². The van der Waals surface area contributed by atoms with Gasteiger partial charge in [-0.25, -0.2) is 0 Å². The number of halogens is 1. The molecule has 0 saturated carbocycles. The van der Waals surface area contributed by atoms with Crippen molar-refractivity contribution in [1.82, 2.24) is 0 Å². The largest absolute Gasteiger partial charge is 0.497 e. The van der Waals surface area contributed by atoms with E-state index in [1.165, 1.54) is 0 Å². The summed E-state index contributed by atoms with van der Waals surface area (Å²) in [6.45, 7) is 0.718. The number of hydrogen-bond acceptors (Lipinski definition) is 3. The van der Waals surface area contributed by atoms with Crippen molar-refractivity contribution >= 4 is 23.0 Å². The molecule has 0 aliphatic heterocycles. The van der Waals surface area contributed by atoms with Gasteiger partial charge in [-0.15, -0.1) is 0 Å². The zero-order valence-corrected chi connectivity index (χ0v) is 11.8. The molecular weight excluding hydrogens is 260 g/mol. The summed E-state index contributed by atoms with van der Waals surface area (Å²) in [6, 6.07) is 13.5. The summed E-state index contributed by atoms with van der Waals surface area (Å²) in [4.78, 5) is 2.11. The van der Waals surface area contributed by atoms with Gasteiger partial charge in [0.15, 0.2) is 0 Å². The van der Waals surface area contributed by atoms with Crippen LogP contribution in [0.2, 0.25) is 5.02 Å². The van der Waals surface area contributed by atoms with Gasteiger partial charge in [-0.1, -0.05) is 23.7 Å². The molecule has 0 radical (unpaired) electrons. The minimum Gasteiger partial charge on any atom is -0.497 e. The number of rotatable bonds is 4. The summed E-state index contributed by atoms with van der Waals surface area (Å²) in [7, 11) is 3.68. The van der Waals surface area contributed by atoms with Crippen molar-refractivity contribution in [2.75, 3.05) is 24.8 Å². The maximum atomic E-state index is 5.97. The molecule has 4 heteroatoms. The number of anilines is 2. The Morgan fingerprint density at radius 3 is 2.68 bits per heavy atom. The van der Waals surface area contributed by atoms with Gasteiger partial charge in [-0.3, -0.25) is 0 Å². The van der Waals surface area contributed by atoms with Gasteiger partial charge in [0.05, 0.1) is 7.11 Å². The maximum absolute atomic E-state index is 5.97. The van der Waals surface area contributed by atoms with Crippen molar-refractivity contribution in [2.24, 2.45) is 0 Å². The van der Waals surface area contributed by atoms with Crippen LogP contribution in [0.1, 0.15) is 5.56 Å². The summed E-state index contributed by atoms with van der Waals surface area (Å²) in [5.74, 6) is 0.841. The highest BCUT2D eigenvalue weighted by Crippen LogP contribution is 2.24. The highest BCUT2D eigenvalue weighted by Gasteiger charge is 2.06. The topological polar surface area (TPSA) is 38.5 Å². The van der Waals surface area contributed by atoms with Gasteiger partial charge < -0.3 is 15.4 Å². The van der Waals surface area contributed by atoms with Crippen molar-refractivity contribution in [1.29, 1.82) is 0 Å². The van der Waals surface area contributed by atoms with Crippen molar-refractivity contribution in [3.63, 3.8) is 0 Å². The predicted molar refractivity (Wildman–Crippen MR) is 81.0 cm³/mol. The Hall–Kier alpha value is -1.87. The molecule has 0 aliphatic carbocycles. The Bertz CT molecular complexity index is 572. The molecule has 0 aromatic heterocycles. The molecular formula is C15H17ClN2O. The van der Waals surface area contributed by atoms with Crippen molar-refractivity contribution in [3.05, 3.63) is 53.1 Å². The SMILES string of the molecule is COc1cccc(N(C)Cc2ccc(Cl)cc2N)c1. The zero-order valence-electron chi connectivity index (χ0n) is 11.1. The lowest BCUT2D eigenvalue weighted by molar-refractivity contribution is 0.415. The lowest BCUT2D eigenvalue weighted by atomic mass is 10.1. The van der Waals surface area contributed by atoms with Gasteiger partial charge in [0, 0.05) is 36.1 Å². The number of methoxy groups -OCH3 is 1. The number of nitrogens with zero attached hydrogens (tertiary/aromatic N) is 1. The Labute approximate surface area is 118 Å². The van der Waals surface area contributed by atoms with Gasteiger partial charge in [0.1, 0.15) is 5.75 Å². The van der Waals surface area contributed by atoms with Crippen LogP contribution >= 0.6 is 11.6 Å². The lowest BCUT2D eigenvalue weighted by Gasteiger charge is -2.21. The van der Waals surface area contributed by atoms with E-state index in [2.05, 4.69) is 4.90 Å². The summed E-state index contributed by atoms with van der Waals surface area (Å²) in [6.07, 6.45) is 0. The first-order valence-electron chi connectivity index (χ1n) is 5.99. The number of hydrogen-bond donors (Lipinski definition) is 1. The van der Waals surface area contributed by atoms with Gasteiger partial charge in [0.2, 0.25) is 0 Å². The van der Waals surface area contributed by atoms with Crippen LogP contribution in [0.4, 0.5) is 11.4 Å². The molecule has 0 atom stereocenters. The van der Waals surface area contributed by atoms with Gasteiger partial charge in [-0.05, 0) is 29.8 Å². The monoisotopic (exact) mass is 276 g/mol. The number of ether oxygens (including phenoxy) is 1. The zero-order chi connectivity index (χ0) is 13.8. The molecule has 2 rings (SSSR count). The minimum atomic E-state index is 0.658. The fourth-order valence-corrected chi connectivity index (χ4v) is 2.09. The van der Waals surface area contributed by atoms with E-state index in [1.54, 1.807) is 13.2 Å². The molecule has 0 saturated heterocycles.